The van der Waals surface area contributed by atoms with Crippen LogP contribution in [-0.2, 0) is 14.8 Å². The van der Waals surface area contributed by atoms with Crippen molar-refractivity contribution >= 4 is 45.1 Å². The van der Waals surface area contributed by atoms with E-state index in [4.69, 9.17) is 4.74 Å². The number of sulfonamides is 1. The minimum Gasteiger partial charge on any atom is -0.484 e. The van der Waals surface area contributed by atoms with Gasteiger partial charge in [-0.05, 0) is 42.3 Å². The Balaban J connectivity index is 1.62. The number of carbonyl (C=O) groups excluding carboxylic acids is 1. The van der Waals surface area contributed by atoms with Gasteiger partial charge in [0.15, 0.2) is 6.61 Å². The highest BCUT2D eigenvalue weighted by Crippen LogP contribution is 2.45. The summed E-state index contributed by atoms with van der Waals surface area (Å²) < 4.78 is 33.0. The Kier molecular flexibility index (Phi) is 8.32. The summed E-state index contributed by atoms with van der Waals surface area (Å²) in [5.74, 6) is 2.63. The van der Waals surface area contributed by atoms with E-state index in [1.54, 1.807) is 26.0 Å². The molecule has 1 amide bonds. The number of anilines is 1. The molecule has 0 bridgehead atoms. The van der Waals surface area contributed by atoms with E-state index in [1.807, 2.05) is 54.7 Å². The number of nitrogens with one attached hydrogen (secondary N) is 1. The van der Waals surface area contributed by atoms with Crippen molar-refractivity contribution in [1.82, 2.24) is 4.31 Å². The van der Waals surface area contributed by atoms with Gasteiger partial charge in [0.1, 0.15) is 5.75 Å². The molecule has 1 N–H and O–H groups in total. The van der Waals surface area contributed by atoms with Gasteiger partial charge < -0.3 is 10.1 Å². The third kappa shape index (κ3) is 5.97. The molecular formula is C22H28N2O4S3. The SMILES string of the molecule is CCN(CC)S(=O)(=O)c1ccc(C)c(NC(=O)COc2ccc(C3SCCS3)cc2)c1. The lowest BCUT2D eigenvalue weighted by Gasteiger charge is -2.19. The number of nitrogens with zero attached hydrogens (tertiary/aromatic N) is 1. The average molecular weight is 481 g/mol. The largest absolute Gasteiger partial charge is 0.484 e. The molecule has 6 nitrogen and oxygen atoms in total. The van der Waals surface area contributed by atoms with Crippen LogP contribution in [0.3, 0.4) is 0 Å². The molecule has 0 aromatic heterocycles. The summed E-state index contributed by atoms with van der Waals surface area (Å²) in [6.45, 7) is 6.04. The van der Waals surface area contributed by atoms with Crippen molar-refractivity contribution in [1.29, 1.82) is 0 Å². The number of benzene rings is 2. The Bertz CT molecular complexity index is 1000. The minimum atomic E-state index is -3.60. The van der Waals surface area contributed by atoms with Crippen molar-refractivity contribution in [3.8, 4) is 5.75 Å². The van der Waals surface area contributed by atoms with E-state index in [9.17, 15) is 13.2 Å². The van der Waals surface area contributed by atoms with Crippen molar-refractivity contribution in [2.24, 2.45) is 0 Å². The second-order valence-corrected chi connectivity index (χ2v) is 11.7. The molecule has 9 heteroatoms. The van der Waals surface area contributed by atoms with E-state index < -0.39 is 10.0 Å². The third-order valence-electron chi connectivity index (χ3n) is 4.97. The van der Waals surface area contributed by atoms with Crippen molar-refractivity contribution < 1.29 is 17.9 Å². The van der Waals surface area contributed by atoms with E-state index in [1.165, 1.54) is 27.4 Å². The molecular weight excluding hydrogens is 452 g/mol. The van der Waals surface area contributed by atoms with Gasteiger partial charge in [0, 0.05) is 30.3 Å². The fourth-order valence-electron chi connectivity index (χ4n) is 3.22. The van der Waals surface area contributed by atoms with Gasteiger partial charge in [-0.3, -0.25) is 4.79 Å². The van der Waals surface area contributed by atoms with Crippen molar-refractivity contribution in [2.75, 3.05) is 36.5 Å². The molecule has 0 saturated carbocycles. The maximum absolute atomic E-state index is 12.8. The van der Waals surface area contributed by atoms with Gasteiger partial charge in [0.05, 0.1) is 9.48 Å². The first-order valence-electron chi connectivity index (χ1n) is 10.2. The third-order valence-corrected chi connectivity index (χ3v) is 10.1. The molecule has 31 heavy (non-hydrogen) atoms. The van der Waals surface area contributed by atoms with E-state index in [-0.39, 0.29) is 17.4 Å². The van der Waals surface area contributed by atoms with Gasteiger partial charge in [0.2, 0.25) is 10.0 Å². The molecule has 1 aliphatic heterocycles. The maximum Gasteiger partial charge on any atom is 0.262 e. The summed E-state index contributed by atoms with van der Waals surface area (Å²) in [7, 11) is -3.60. The first-order valence-corrected chi connectivity index (χ1v) is 13.8. The van der Waals surface area contributed by atoms with Crippen molar-refractivity contribution in [3.63, 3.8) is 0 Å². The molecule has 1 aliphatic rings. The number of hydrogen-bond donors (Lipinski definition) is 1. The number of hydrogen-bond acceptors (Lipinski definition) is 6. The standard InChI is InChI=1S/C22H28N2O4S3/c1-4-24(5-2)31(26,27)19-11-6-16(3)20(14-19)23-21(25)15-28-18-9-7-17(8-10-18)22-29-12-13-30-22/h6-11,14,22H,4-5,12-13,15H2,1-3H3,(H,23,25). The average Bonchev–Trinajstić information content (AvgIpc) is 3.30. The lowest BCUT2D eigenvalue weighted by atomic mass is 10.2. The van der Waals surface area contributed by atoms with Crippen LogP contribution < -0.4 is 10.1 Å². The molecule has 0 atom stereocenters. The number of thioether (sulfide) groups is 2. The smallest absolute Gasteiger partial charge is 0.262 e. The van der Waals surface area contributed by atoms with Crippen LogP contribution in [0.1, 0.15) is 29.6 Å². The number of aryl methyl sites for hydroxylation is 1. The Morgan fingerprint density at radius 3 is 2.35 bits per heavy atom. The number of rotatable bonds is 9. The van der Waals surface area contributed by atoms with Crippen molar-refractivity contribution in [2.45, 2.75) is 30.2 Å². The molecule has 0 unspecified atom stereocenters. The monoisotopic (exact) mass is 480 g/mol. The van der Waals surface area contributed by atoms with Crippen LogP contribution in [-0.4, -0.2) is 49.8 Å². The summed E-state index contributed by atoms with van der Waals surface area (Å²) in [6.07, 6.45) is 0. The van der Waals surface area contributed by atoms with Crippen LogP contribution in [0, 0.1) is 6.92 Å². The molecule has 0 radical (unpaired) electrons. The van der Waals surface area contributed by atoms with Gasteiger partial charge >= 0.3 is 0 Å². The van der Waals surface area contributed by atoms with Gasteiger partial charge in [-0.2, -0.15) is 4.31 Å². The van der Waals surface area contributed by atoms with Crippen LogP contribution in [0.4, 0.5) is 5.69 Å². The van der Waals surface area contributed by atoms with Crippen LogP contribution in [0.25, 0.3) is 0 Å². The molecule has 0 aliphatic carbocycles. The lowest BCUT2D eigenvalue weighted by Crippen LogP contribution is -2.30. The summed E-state index contributed by atoms with van der Waals surface area (Å²) in [5, 5.41) is 2.77. The van der Waals surface area contributed by atoms with Crippen LogP contribution in [0.5, 0.6) is 5.75 Å². The van der Waals surface area contributed by atoms with Gasteiger partial charge in [0.25, 0.3) is 5.91 Å². The number of amides is 1. The van der Waals surface area contributed by atoms with Crippen LogP contribution in [0.2, 0.25) is 0 Å². The second kappa shape index (κ2) is 10.8. The van der Waals surface area contributed by atoms with Crippen LogP contribution >= 0.6 is 23.5 Å². The molecule has 1 fully saturated rings. The minimum absolute atomic E-state index is 0.154. The molecule has 2 aromatic rings. The Hall–Kier alpha value is -1.68. The normalized spacial score (nSPS) is 14.7. The molecule has 168 valence electrons. The Labute approximate surface area is 193 Å². The maximum atomic E-state index is 12.8. The highest BCUT2D eigenvalue weighted by atomic mass is 32.2. The molecule has 1 heterocycles. The lowest BCUT2D eigenvalue weighted by molar-refractivity contribution is -0.118. The van der Waals surface area contributed by atoms with E-state index in [0.29, 0.717) is 29.1 Å². The van der Waals surface area contributed by atoms with E-state index >= 15 is 0 Å². The van der Waals surface area contributed by atoms with Crippen molar-refractivity contribution in [3.05, 3.63) is 53.6 Å². The Morgan fingerprint density at radius 1 is 1.10 bits per heavy atom. The number of carbonyl (C=O) groups is 1. The Morgan fingerprint density at radius 2 is 1.74 bits per heavy atom. The predicted octanol–water partition coefficient (Wildman–Crippen LogP) is 4.52. The summed E-state index contributed by atoms with van der Waals surface area (Å²) in [5.41, 5.74) is 2.50. The van der Waals surface area contributed by atoms with Gasteiger partial charge in [-0.1, -0.05) is 32.0 Å². The second-order valence-electron chi connectivity index (χ2n) is 7.05. The molecule has 3 rings (SSSR count). The molecule has 0 spiro atoms. The highest BCUT2D eigenvalue weighted by Gasteiger charge is 2.22. The molecule has 2 aromatic carbocycles. The van der Waals surface area contributed by atoms with Gasteiger partial charge in [-0.25, -0.2) is 8.42 Å². The topological polar surface area (TPSA) is 75.7 Å². The molecule has 1 saturated heterocycles. The summed E-state index contributed by atoms with van der Waals surface area (Å²) in [6, 6.07) is 12.6. The van der Waals surface area contributed by atoms with Crippen LogP contribution in [0.15, 0.2) is 47.4 Å². The van der Waals surface area contributed by atoms with E-state index in [0.717, 1.165) is 5.56 Å². The summed E-state index contributed by atoms with van der Waals surface area (Å²) >= 11 is 3.88. The predicted molar refractivity (Wildman–Crippen MR) is 130 cm³/mol. The zero-order chi connectivity index (χ0) is 22.4. The van der Waals surface area contributed by atoms with E-state index in [2.05, 4.69) is 5.32 Å². The first-order chi connectivity index (χ1) is 14.8. The fraction of sp³-hybridized carbons (Fsp3) is 0.409. The quantitative estimate of drug-likeness (QED) is 0.569. The zero-order valence-electron chi connectivity index (χ0n) is 18.0. The first kappa shape index (κ1) is 24.0. The highest BCUT2D eigenvalue weighted by molar-refractivity contribution is 8.19. The zero-order valence-corrected chi connectivity index (χ0v) is 20.4. The summed E-state index contributed by atoms with van der Waals surface area (Å²) in [4.78, 5) is 12.6. The fourth-order valence-corrected chi connectivity index (χ4v) is 7.56. The van der Waals surface area contributed by atoms with Gasteiger partial charge in [-0.15, -0.1) is 23.5 Å². The number of ether oxygens (including phenoxy) is 1.